The Bertz CT molecular complexity index is 323. The van der Waals surface area contributed by atoms with Crippen LogP contribution in [0, 0.1) is 11.7 Å². The van der Waals surface area contributed by atoms with Crippen molar-refractivity contribution in [2.75, 3.05) is 6.54 Å². The first kappa shape index (κ1) is 14.1. The summed E-state index contributed by atoms with van der Waals surface area (Å²) in [5, 5.41) is 13.5. The summed E-state index contributed by atoms with van der Waals surface area (Å²) in [4.78, 5) is 0. The molecule has 1 rings (SSSR count). The number of hydrogen-bond acceptors (Lipinski definition) is 2. The van der Waals surface area contributed by atoms with Crippen molar-refractivity contribution in [3.8, 4) is 0 Å². The first-order valence-corrected chi connectivity index (χ1v) is 6.21. The van der Waals surface area contributed by atoms with Crippen molar-refractivity contribution in [2.24, 2.45) is 5.92 Å². The molecule has 0 heterocycles. The molecule has 0 saturated carbocycles. The number of nitrogens with one attached hydrogen (secondary N) is 1. The van der Waals surface area contributed by atoms with E-state index < -0.39 is 6.10 Å². The van der Waals surface area contributed by atoms with Gasteiger partial charge in [-0.1, -0.05) is 32.9 Å². The highest BCUT2D eigenvalue weighted by Gasteiger charge is 2.18. The molecule has 0 aliphatic heterocycles. The van der Waals surface area contributed by atoms with E-state index in [2.05, 4.69) is 19.2 Å². The van der Waals surface area contributed by atoms with Gasteiger partial charge in [-0.15, -0.1) is 0 Å². The molecule has 0 aliphatic carbocycles. The SMILES string of the molecule is CCC(NCC(C)C)C(O)c1ccc(F)cc1. The van der Waals surface area contributed by atoms with Crippen LogP contribution in [0.3, 0.4) is 0 Å². The first-order valence-electron chi connectivity index (χ1n) is 6.21. The Morgan fingerprint density at radius 1 is 1.24 bits per heavy atom. The van der Waals surface area contributed by atoms with E-state index in [0.717, 1.165) is 18.5 Å². The molecule has 0 radical (unpaired) electrons. The van der Waals surface area contributed by atoms with Crippen LogP contribution in [0.4, 0.5) is 4.39 Å². The van der Waals surface area contributed by atoms with Crippen LogP contribution in [0.15, 0.2) is 24.3 Å². The third kappa shape index (κ3) is 4.44. The van der Waals surface area contributed by atoms with Gasteiger partial charge in [0.05, 0.1) is 6.10 Å². The van der Waals surface area contributed by atoms with Crippen LogP contribution in [0.25, 0.3) is 0 Å². The summed E-state index contributed by atoms with van der Waals surface area (Å²) in [7, 11) is 0. The monoisotopic (exact) mass is 239 g/mol. The summed E-state index contributed by atoms with van der Waals surface area (Å²) >= 11 is 0. The van der Waals surface area contributed by atoms with Crippen molar-refractivity contribution < 1.29 is 9.50 Å². The van der Waals surface area contributed by atoms with Gasteiger partial charge in [-0.2, -0.15) is 0 Å². The standard InChI is InChI=1S/C14H22FNO/c1-4-13(16-9-10(2)3)14(17)11-5-7-12(15)8-6-11/h5-8,10,13-14,16-17H,4,9H2,1-3H3. The van der Waals surface area contributed by atoms with E-state index in [9.17, 15) is 9.50 Å². The molecule has 0 spiro atoms. The maximum absolute atomic E-state index is 12.8. The summed E-state index contributed by atoms with van der Waals surface area (Å²) in [5.41, 5.74) is 0.759. The molecule has 1 aromatic rings. The van der Waals surface area contributed by atoms with Gasteiger partial charge in [-0.25, -0.2) is 4.39 Å². The number of rotatable bonds is 6. The molecule has 2 unspecified atom stereocenters. The van der Waals surface area contributed by atoms with Crippen molar-refractivity contribution in [1.82, 2.24) is 5.32 Å². The molecule has 0 aliphatic rings. The molecule has 96 valence electrons. The molecule has 1 aromatic carbocycles. The fourth-order valence-corrected chi connectivity index (χ4v) is 1.76. The Morgan fingerprint density at radius 2 is 1.82 bits per heavy atom. The minimum atomic E-state index is -0.584. The fourth-order valence-electron chi connectivity index (χ4n) is 1.76. The molecule has 0 bridgehead atoms. The molecular formula is C14H22FNO. The van der Waals surface area contributed by atoms with Gasteiger partial charge in [0.1, 0.15) is 5.82 Å². The average molecular weight is 239 g/mol. The van der Waals surface area contributed by atoms with Crippen LogP contribution >= 0.6 is 0 Å². The summed E-state index contributed by atoms with van der Waals surface area (Å²) in [6.45, 7) is 7.16. The second-order valence-corrected chi connectivity index (χ2v) is 4.81. The normalized spacial score (nSPS) is 14.9. The Balaban J connectivity index is 2.64. The molecule has 2 N–H and O–H groups in total. The summed E-state index contributed by atoms with van der Waals surface area (Å²) in [5.74, 6) is 0.272. The van der Waals surface area contributed by atoms with E-state index in [-0.39, 0.29) is 11.9 Å². The topological polar surface area (TPSA) is 32.3 Å². The molecule has 3 heteroatoms. The van der Waals surface area contributed by atoms with E-state index >= 15 is 0 Å². The maximum atomic E-state index is 12.8. The number of halogens is 1. The number of hydrogen-bond donors (Lipinski definition) is 2. The van der Waals surface area contributed by atoms with Gasteiger partial charge in [0, 0.05) is 6.04 Å². The van der Waals surface area contributed by atoms with Gasteiger partial charge >= 0.3 is 0 Å². The zero-order valence-corrected chi connectivity index (χ0v) is 10.8. The maximum Gasteiger partial charge on any atom is 0.123 e. The lowest BCUT2D eigenvalue weighted by molar-refractivity contribution is 0.124. The Kier molecular flexibility index (Phi) is 5.59. The van der Waals surface area contributed by atoms with Crippen LogP contribution in [0.5, 0.6) is 0 Å². The Hall–Kier alpha value is -0.930. The largest absolute Gasteiger partial charge is 0.387 e. The predicted octanol–water partition coefficient (Wildman–Crippen LogP) is 2.88. The lowest BCUT2D eigenvalue weighted by Crippen LogP contribution is -2.36. The average Bonchev–Trinajstić information content (AvgIpc) is 2.30. The Morgan fingerprint density at radius 3 is 2.29 bits per heavy atom. The van der Waals surface area contributed by atoms with Gasteiger partial charge in [-0.05, 0) is 36.6 Å². The van der Waals surface area contributed by atoms with Crippen LogP contribution in [-0.2, 0) is 0 Å². The van der Waals surface area contributed by atoms with E-state index in [1.54, 1.807) is 12.1 Å². The highest BCUT2D eigenvalue weighted by Crippen LogP contribution is 2.19. The molecule has 0 saturated heterocycles. The summed E-state index contributed by atoms with van der Waals surface area (Å²) in [6, 6.07) is 6.06. The van der Waals surface area contributed by atoms with E-state index in [4.69, 9.17) is 0 Å². The number of aliphatic hydroxyl groups excluding tert-OH is 1. The van der Waals surface area contributed by atoms with Gasteiger partial charge in [-0.3, -0.25) is 0 Å². The van der Waals surface area contributed by atoms with Crippen molar-refractivity contribution in [3.63, 3.8) is 0 Å². The molecule has 0 amide bonds. The van der Waals surface area contributed by atoms with Crippen LogP contribution in [0.1, 0.15) is 38.9 Å². The summed E-state index contributed by atoms with van der Waals surface area (Å²) in [6.07, 6.45) is 0.255. The number of benzene rings is 1. The van der Waals surface area contributed by atoms with Gasteiger partial charge in [0.2, 0.25) is 0 Å². The lowest BCUT2D eigenvalue weighted by Gasteiger charge is -2.24. The molecule has 2 atom stereocenters. The van der Waals surface area contributed by atoms with Crippen molar-refractivity contribution in [3.05, 3.63) is 35.6 Å². The third-order valence-corrected chi connectivity index (χ3v) is 2.82. The smallest absolute Gasteiger partial charge is 0.123 e. The van der Waals surface area contributed by atoms with E-state index in [0.29, 0.717) is 5.92 Å². The molecule has 0 aromatic heterocycles. The van der Waals surface area contributed by atoms with E-state index in [1.165, 1.54) is 12.1 Å². The minimum Gasteiger partial charge on any atom is -0.387 e. The fraction of sp³-hybridized carbons (Fsp3) is 0.571. The zero-order valence-electron chi connectivity index (χ0n) is 10.8. The van der Waals surface area contributed by atoms with Gasteiger partial charge in [0.15, 0.2) is 0 Å². The third-order valence-electron chi connectivity index (χ3n) is 2.82. The highest BCUT2D eigenvalue weighted by atomic mass is 19.1. The Labute approximate surface area is 103 Å². The molecule has 2 nitrogen and oxygen atoms in total. The molecule has 0 fully saturated rings. The predicted molar refractivity (Wildman–Crippen MR) is 68.3 cm³/mol. The van der Waals surface area contributed by atoms with Crippen LogP contribution < -0.4 is 5.32 Å². The lowest BCUT2D eigenvalue weighted by atomic mass is 10.00. The molecular weight excluding hydrogens is 217 g/mol. The van der Waals surface area contributed by atoms with Gasteiger partial charge in [0.25, 0.3) is 0 Å². The van der Waals surface area contributed by atoms with Crippen molar-refractivity contribution >= 4 is 0 Å². The van der Waals surface area contributed by atoms with Crippen molar-refractivity contribution in [2.45, 2.75) is 39.3 Å². The van der Waals surface area contributed by atoms with Gasteiger partial charge < -0.3 is 10.4 Å². The van der Waals surface area contributed by atoms with Crippen LogP contribution in [0.2, 0.25) is 0 Å². The van der Waals surface area contributed by atoms with Crippen molar-refractivity contribution in [1.29, 1.82) is 0 Å². The second kappa shape index (κ2) is 6.72. The second-order valence-electron chi connectivity index (χ2n) is 4.81. The zero-order chi connectivity index (χ0) is 12.8. The number of aliphatic hydroxyl groups is 1. The minimum absolute atomic E-state index is 0.0165. The van der Waals surface area contributed by atoms with Crippen LogP contribution in [-0.4, -0.2) is 17.7 Å². The molecule has 17 heavy (non-hydrogen) atoms. The quantitative estimate of drug-likeness (QED) is 0.800. The summed E-state index contributed by atoms with van der Waals surface area (Å²) < 4.78 is 12.8. The highest BCUT2D eigenvalue weighted by molar-refractivity contribution is 5.19. The first-order chi connectivity index (χ1) is 8.04. The van der Waals surface area contributed by atoms with E-state index in [1.807, 2.05) is 6.92 Å².